The minimum Gasteiger partial charge on any atom is -0.236 e. The summed E-state index contributed by atoms with van der Waals surface area (Å²) in [5.74, 6) is 0.740. The van der Waals surface area contributed by atoms with Gasteiger partial charge >= 0.3 is 6.15 Å². The number of aryl methyl sites for hydroxylation is 1. The predicted molar refractivity (Wildman–Crippen MR) is 66.9 cm³/mol. The zero-order valence-corrected chi connectivity index (χ0v) is 10.5. The molecule has 1 heterocycles. The van der Waals surface area contributed by atoms with E-state index < -0.39 is 0 Å². The average molecular weight is 263 g/mol. The zero-order chi connectivity index (χ0) is 13.4. The quantitative estimate of drug-likeness (QED) is 0.835. The average Bonchev–Trinajstić information content (AvgIpc) is 2.41. The maximum absolute atomic E-state index is 8.12. The van der Waals surface area contributed by atoms with Gasteiger partial charge in [-0.15, -0.1) is 0 Å². The molecule has 1 aromatic carbocycles. The number of halogens is 1. The molecule has 0 aliphatic carbocycles. The highest BCUT2D eigenvalue weighted by molar-refractivity contribution is 6.30. The van der Waals surface area contributed by atoms with Crippen LogP contribution in [0, 0.1) is 0 Å². The Balaban J connectivity index is 0.000000492. The third kappa shape index (κ3) is 4.09. The molecule has 0 unspecified atom stereocenters. The van der Waals surface area contributed by atoms with E-state index in [4.69, 9.17) is 21.2 Å². The molecule has 4 nitrogen and oxygen atoms in total. The monoisotopic (exact) mass is 262 g/mol. The molecule has 0 spiro atoms. The van der Waals surface area contributed by atoms with Gasteiger partial charge in [-0.2, -0.15) is 9.59 Å². The van der Waals surface area contributed by atoms with Crippen LogP contribution in [-0.2, 0) is 16.0 Å². The Labute approximate surface area is 110 Å². The van der Waals surface area contributed by atoms with Crippen molar-refractivity contribution in [1.82, 2.24) is 9.97 Å². The maximum Gasteiger partial charge on any atom is 0.373 e. The number of benzene rings is 1. The van der Waals surface area contributed by atoms with Gasteiger partial charge in [0.15, 0.2) is 5.82 Å². The number of hydrogen-bond acceptors (Lipinski definition) is 4. The van der Waals surface area contributed by atoms with Crippen LogP contribution in [0.5, 0.6) is 0 Å². The van der Waals surface area contributed by atoms with E-state index in [0.717, 1.165) is 28.4 Å². The van der Waals surface area contributed by atoms with Crippen molar-refractivity contribution < 1.29 is 9.59 Å². The molecular formula is C13H11ClN2O2. The molecule has 0 N–H and O–H groups in total. The fourth-order valence-corrected chi connectivity index (χ4v) is 1.41. The molecule has 0 atom stereocenters. The van der Waals surface area contributed by atoms with Crippen LogP contribution in [0.3, 0.4) is 0 Å². The zero-order valence-electron chi connectivity index (χ0n) is 9.76. The van der Waals surface area contributed by atoms with Crippen LogP contribution in [0.2, 0.25) is 5.02 Å². The fourth-order valence-electron chi connectivity index (χ4n) is 1.29. The second kappa shape index (κ2) is 7.33. The number of carbonyl (C=O) groups excluding carboxylic acids is 2. The fraction of sp³-hybridized carbons (Fsp3) is 0.154. The van der Waals surface area contributed by atoms with Crippen molar-refractivity contribution in [2.24, 2.45) is 0 Å². The highest BCUT2D eigenvalue weighted by Gasteiger charge is 2.00. The van der Waals surface area contributed by atoms with Crippen LogP contribution < -0.4 is 0 Å². The highest BCUT2D eigenvalue weighted by Crippen LogP contribution is 2.17. The summed E-state index contributed by atoms with van der Waals surface area (Å²) in [5, 5.41) is 0.726. The lowest BCUT2D eigenvalue weighted by Gasteiger charge is -2.00. The third-order valence-electron chi connectivity index (χ3n) is 2.22. The first-order chi connectivity index (χ1) is 8.71. The van der Waals surface area contributed by atoms with Gasteiger partial charge in [0.2, 0.25) is 0 Å². The normalized spacial score (nSPS) is 9.00. The smallest absolute Gasteiger partial charge is 0.236 e. The molecule has 0 aliphatic heterocycles. The standard InChI is InChI=1S/C12H11ClN2.CO2/c1-2-9-7-14-12(15-8-9)10-3-5-11(13)6-4-10;2-1-3/h3-8H,2H2,1H3;. The molecule has 0 fully saturated rings. The Morgan fingerprint density at radius 1 is 1.11 bits per heavy atom. The number of nitrogens with zero attached hydrogens (tertiary/aromatic N) is 2. The molecule has 2 rings (SSSR count). The Morgan fingerprint density at radius 3 is 2.06 bits per heavy atom. The maximum atomic E-state index is 8.12. The lowest BCUT2D eigenvalue weighted by atomic mass is 10.2. The topological polar surface area (TPSA) is 59.9 Å². The van der Waals surface area contributed by atoms with Gasteiger partial charge in [-0.3, -0.25) is 0 Å². The second-order valence-electron chi connectivity index (χ2n) is 3.36. The summed E-state index contributed by atoms with van der Waals surface area (Å²) in [4.78, 5) is 24.8. The largest absolute Gasteiger partial charge is 0.373 e. The lowest BCUT2D eigenvalue weighted by molar-refractivity contribution is -0.191. The first kappa shape index (κ1) is 14.0. The predicted octanol–water partition coefficient (Wildman–Crippen LogP) is 2.78. The Bertz CT molecular complexity index is 518. The summed E-state index contributed by atoms with van der Waals surface area (Å²) < 4.78 is 0. The van der Waals surface area contributed by atoms with Gasteiger partial charge in [0, 0.05) is 23.0 Å². The van der Waals surface area contributed by atoms with Gasteiger partial charge in [-0.1, -0.05) is 18.5 Å². The van der Waals surface area contributed by atoms with Crippen LogP contribution in [0.15, 0.2) is 36.7 Å². The summed E-state index contributed by atoms with van der Waals surface area (Å²) in [6.45, 7) is 2.08. The van der Waals surface area contributed by atoms with E-state index in [1.807, 2.05) is 36.7 Å². The Hall–Kier alpha value is -2.03. The molecule has 0 radical (unpaired) electrons. The van der Waals surface area contributed by atoms with Gasteiger partial charge in [0.1, 0.15) is 0 Å². The molecular weight excluding hydrogens is 252 g/mol. The molecule has 0 aliphatic rings. The van der Waals surface area contributed by atoms with Gasteiger partial charge in [-0.05, 0) is 36.2 Å². The second-order valence-corrected chi connectivity index (χ2v) is 3.80. The van der Waals surface area contributed by atoms with E-state index in [2.05, 4.69) is 16.9 Å². The van der Waals surface area contributed by atoms with Crippen molar-refractivity contribution in [3.8, 4) is 11.4 Å². The van der Waals surface area contributed by atoms with E-state index in [-0.39, 0.29) is 6.15 Å². The first-order valence-electron chi connectivity index (χ1n) is 5.27. The minimum absolute atomic E-state index is 0.250. The van der Waals surface area contributed by atoms with Gasteiger partial charge in [0.25, 0.3) is 0 Å². The SMILES string of the molecule is CCc1cnc(-c2ccc(Cl)cc2)nc1.O=C=O. The summed E-state index contributed by atoms with van der Waals surface area (Å²) in [7, 11) is 0. The van der Waals surface area contributed by atoms with Crippen LogP contribution in [0.25, 0.3) is 11.4 Å². The highest BCUT2D eigenvalue weighted by atomic mass is 35.5. The van der Waals surface area contributed by atoms with Crippen molar-refractivity contribution in [3.05, 3.63) is 47.2 Å². The molecule has 0 bridgehead atoms. The van der Waals surface area contributed by atoms with Crippen molar-refractivity contribution in [2.75, 3.05) is 0 Å². The summed E-state index contributed by atoms with van der Waals surface area (Å²) in [6.07, 6.45) is 4.93. The summed E-state index contributed by atoms with van der Waals surface area (Å²) in [6, 6.07) is 7.52. The van der Waals surface area contributed by atoms with Crippen LogP contribution in [-0.4, -0.2) is 16.1 Å². The third-order valence-corrected chi connectivity index (χ3v) is 2.47. The first-order valence-corrected chi connectivity index (χ1v) is 5.65. The van der Waals surface area contributed by atoms with Crippen molar-refractivity contribution in [2.45, 2.75) is 13.3 Å². The summed E-state index contributed by atoms with van der Waals surface area (Å²) in [5.41, 5.74) is 2.13. The number of hydrogen-bond donors (Lipinski definition) is 0. The van der Waals surface area contributed by atoms with Crippen molar-refractivity contribution in [1.29, 1.82) is 0 Å². The molecule has 1 aromatic heterocycles. The number of rotatable bonds is 2. The van der Waals surface area contributed by atoms with Crippen molar-refractivity contribution >= 4 is 17.8 Å². The van der Waals surface area contributed by atoms with E-state index in [1.165, 1.54) is 0 Å². The molecule has 18 heavy (non-hydrogen) atoms. The Morgan fingerprint density at radius 2 is 1.61 bits per heavy atom. The van der Waals surface area contributed by atoms with Gasteiger partial charge < -0.3 is 0 Å². The van der Waals surface area contributed by atoms with Crippen LogP contribution >= 0.6 is 11.6 Å². The van der Waals surface area contributed by atoms with E-state index in [1.54, 1.807) is 0 Å². The summed E-state index contributed by atoms with van der Waals surface area (Å²) >= 11 is 5.81. The van der Waals surface area contributed by atoms with Crippen molar-refractivity contribution in [3.63, 3.8) is 0 Å². The van der Waals surface area contributed by atoms with E-state index >= 15 is 0 Å². The van der Waals surface area contributed by atoms with Gasteiger partial charge in [-0.25, -0.2) is 9.97 Å². The Kier molecular flexibility index (Phi) is 5.71. The van der Waals surface area contributed by atoms with Gasteiger partial charge in [0.05, 0.1) is 0 Å². The van der Waals surface area contributed by atoms with E-state index in [9.17, 15) is 0 Å². The molecule has 0 saturated carbocycles. The van der Waals surface area contributed by atoms with E-state index in [0.29, 0.717) is 0 Å². The molecule has 2 aromatic rings. The molecule has 0 saturated heterocycles. The molecule has 5 heteroatoms. The van der Waals surface area contributed by atoms with Crippen LogP contribution in [0.4, 0.5) is 0 Å². The molecule has 92 valence electrons. The van der Waals surface area contributed by atoms with Crippen LogP contribution in [0.1, 0.15) is 12.5 Å². The molecule has 0 amide bonds. The lowest BCUT2D eigenvalue weighted by Crippen LogP contribution is -1.90. The minimum atomic E-state index is 0.250. The number of aromatic nitrogens is 2.